The van der Waals surface area contributed by atoms with Crippen molar-refractivity contribution in [1.29, 1.82) is 0 Å². The molecule has 1 amide bonds. The van der Waals surface area contributed by atoms with Crippen LogP contribution in [0.1, 0.15) is 44.8 Å². The van der Waals surface area contributed by atoms with E-state index in [4.69, 9.17) is 0 Å². The molecule has 4 rings (SSSR count). The van der Waals surface area contributed by atoms with Crippen molar-refractivity contribution in [3.63, 3.8) is 0 Å². The van der Waals surface area contributed by atoms with Crippen molar-refractivity contribution in [3.05, 3.63) is 51.6 Å². The molecule has 0 radical (unpaired) electrons. The molecule has 0 bridgehead atoms. The zero-order valence-corrected chi connectivity index (χ0v) is 14.1. The van der Waals surface area contributed by atoms with Crippen molar-refractivity contribution in [2.45, 2.75) is 32.2 Å². The summed E-state index contributed by atoms with van der Waals surface area (Å²) in [6.45, 7) is 2.03. The van der Waals surface area contributed by atoms with Crippen molar-refractivity contribution in [2.75, 3.05) is 0 Å². The molecule has 1 aliphatic carbocycles. The highest BCUT2D eigenvalue weighted by molar-refractivity contribution is 7.11. The van der Waals surface area contributed by atoms with E-state index in [-0.39, 0.29) is 11.9 Å². The fourth-order valence-corrected chi connectivity index (χ4v) is 4.48. The highest BCUT2D eigenvalue weighted by atomic mass is 32.1. The Morgan fingerprint density at radius 3 is 3.09 bits per heavy atom. The number of carbonyl (C=O) groups excluding carboxylic acids is 1. The maximum Gasteiger partial charge on any atom is 0.253 e. The first kappa shape index (κ1) is 14.5. The minimum Gasteiger partial charge on any atom is -0.350 e. The number of fused-ring (bicyclic) bond motifs is 2. The summed E-state index contributed by atoms with van der Waals surface area (Å²) >= 11 is 1.76. The zero-order chi connectivity index (χ0) is 16.0. The average molecular weight is 325 g/mol. The van der Waals surface area contributed by atoms with E-state index in [1.807, 2.05) is 49.0 Å². The van der Waals surface area contributed by atoms with E-state index in [1.165, 1.54) is 4.88 Å². The first-order valence-corrected chi connectivity index (χ1v) is 8.76. The maximum absolute atomic E-state index is 12.8. The van der Waals surface area contributed by atoms with Crippen LogP contribution >= 0.6 is 11.3 Å². The third kappa shape index (κ3) is 2.45. The van der Waals surface area contributed by atoms with Gasteiger partial charge in [-0.3, -0.25) is 4.79 Å². The first-order valence-electron chi connectivity index (χ1n) is 7.94. The summed E-state index contributed by atoms with van der Waals surface area (Å²) in [5.74, 6) is -0.00898. The lowest BCUT2D eigenvalue weighted by Gasteiger charge is -2.22. The number of benzene rings is 1. The van der Waals surface area contributed by atoms with Crippen LogP contribution in [0.3, 0.4) is 0 Å². The van der Waals surface area contributed by atoms with Crippen molar-refractivity contribution < 1.29 is 4.79 Å². The predicted molar refractivity (Wildman–Crippen MR) is 92.9 cm³/mol. The summed E-state index contributed by atoms with van der Waals surface area (Å²) in [5, 5.41) is 5.28. The number of hydrogen-bond acceptors (Lipinski definition) is 3. The lowest BCUT2D eigenvalue weighted by Crippen LogP contribution is -2.30. The number of amides is 1. The topological polar surface area (TPSA) is 46.9 Å². The van der Waals surface area contributed by atoms with Gasteiger partial charge in [0.1, 0.15) is 0 Å². The molecule has 5 heteroatoms. The Balaban J connectivity index is 1.66. The summed E-state index contributed by atoms with van der Waals surface area (Å²) in [6.07, 6.45) is 5.07. The largest absolute Gasteiger partial charge is 0.350 e. The van der Waals surface area contributed by atoms with Gasteiger partial charge in [0.2, 0.25) is 0 Å². The summed E-state index contributed by atoms with van der Waals surface area (Å²) in [7, 11) is 1.97. The van der Waals surface area contributed by atoms with Crippen LogP contribution in [-0.4, -0.2) is 15.5 Å². The third-order valence-electron chi connectivity index (χ3n) is 4.51. The Hall–Kier alpha value is -2.14. The molecular weight excluding hydrogens is 306 g/mol. The minimum atomic E-state index is -0.00898. The van der Waals surface area contributed by atoms with Crippen molar-refractivity contribution >= 4 is 28.1 Å². The number of aryl methyl sites for hydroxylation is 3. The summed E-state index contributed by atoms with van der Waals surface area (Å²) in [6, 6.07) is 8.05. The van der Waals surface area contributed by atoms with Crippen molar-refractivity contribution in [2.24, 2.45) is 7.05 Å². The second-order valence-electron chi connectivity index (χ2n) is 6.13. The number of nitrogens with zero attached hydrogens (tertiary/aromatic N) is 2. The van der Waals surface area contributed by atoms with Gasteiger partial charge in [-0.25, -0.2) is 4.98 Å². The Morgan fingerprint density at radius 2 is 2.22 bits per heavy atom. The molecule has 0 saturated heterocycles. The number of nitrogens with one attached hydrogen (secondary N) is 1. The molecule has 1 atom stereocenters. The minimum absolute atomic E-state index is 0.00898. The van der Waals surface area contributed by atoms with Gasteiger partial charge in [0.15, 0.2) is 0 Å². The van der Waals surface area contributed by atoms with Crippen LogP contribution in [0.4, 0.5) is 0 Å². The van der Waals surface area contributed by atoms with Crippen LogP contribution in [0.5, 0.6) is 0 Å². The number of thiazole rings is 1. The van der Waals surface area contributed by atoms with E-state index in [1.54, 1.807) is 11.3 Å². The van der Waals surface area contributed by atoms with Crippen LogP contribution in [0.15, 0.2) is 30.5 Å². The molecular formula is C18H19N3OS. The van der Waals surface area contributed by atoms with Crippen LogP contribution in [-0.2, 0) is 13.5 Å². The van der Waals surface area contributed by atoms with E-state index in [0.717, 1.165) is 46.4 Å². The van der Waals surface area contributed by atoms with Gasteiger partial charge in [-0.05, 0) is 32.3 Å². The van der Waals surface area contributed by atoms with E-state index in [2.05, 4.69) is 10.3 Å². The standard InChI is InChI=1S/C18H19N3OS/c1-11-19-17-14(7-5-9-16(17)23-11)20-18(22)13-10-21(2)15-8-4-3-6-12(13)15/h3-4,6,8,10,14H,5,7,9H2,1-2H3,(H,20,22)/t14-/m1/s1. The smallest absolute Gasteiger partial charge is 0.253 e. The molecule has 0 saturated carbocycles. The molecule has 0 spiro atoms. The molecule has 4 nitrogen and oxygen atoms in total. The van der Waals surface area contributed by atoms with Gasteiger partial charge >= 0.3 is 0 Å². The fraction of sp³-hybridized carbons (Fsp3) is 0.333. The molecule has 3 aromatic rings. The molecule has 0 aliphatic heterocycles. The third-order valence-corrected chi connectivity index (χ3v) is 5.55. The number of aromatic nitrogens is 2. The lowest BCUT2D eigenvalue weighted by molar-refractivity contribution is 0.0933. The normalized spacial score (nSPS) is 17.2. The summed E-state index contributed by atoms with van der Waals surface area (Å²) < 4.78 is 2.00. The molecule has 2 aromatic heterocycles. The van der Waals surface area contributed by atoms with E-state index < -0.39 is 0 Å². The van der Waals surface area contributed by atoms with Crippen molar-refractivity contribution in [3.8, 4) is 0 Å². The van der Waals surface area contributed by atoms with Crippen LogP contribution in [0.2, 0.25) is 0 Å². The molecule has 118 valence electrons. The van der Waals surface area contributed by atoms with Crippen molar-refractivity contribution in [1.82, 2.24) is 14.9 Å². The Kier molecular flexibility index (Phi) is 3.45. The number of para-hydroxylation sites is 1. The zero-order valence-electron chi connectivity index (χ0n) is 13.3. The maximum atomic E-state index is 12.8. The number of hydrogen-bond donors (Lipinski definition) is 1. The highest BCUT2D eigenvalue weighted by Crippen LogP contribution is 2.33. The van der Waals surface area contributed by atoms with Gasteiger partial charge in [-0.15, -0.1) is 11.3 Å². The second kappa shape index (κ2) is 5.49. The van der Waals surface area contributed by atoms with Crippen LogP contribution < -0.4 is 5.32 Å². The van der Waals surface area contributed by atoms with Gasteiger partial charge in [0, 0.05) is 29.0 Å². The summed E-state index contributed by atoms with van der Waals surface area (Å²) in [5.41, 5.74) is 2.89. The Labute approximate surface area is 139 Å². The van der Waals surface area contributed by atoms with Crippen LogP contribution in [0, 0.1) is 6.92 Å². The molecule has 23 heavy (non-hydrogen) atoms. The molecule has 1 aromatic carbocycles. The number of rotatable bonds is 2. The molecule has 1 N–H and O–H groups in total. The predicted octanol–water partition coefficient (Wildman–Crippen LogP) is 3.75. The fourth-order valence-electron chi connectivity index (χ4n) is 3.44. The second-order valence-corrected chi connectivity index (χ2v) is 7.42. The lowest BCUT2D eigenvalue weighted by atomic mass is 9.97. The monoisotopic (exact) mass is 325 g/mol. The van der Waals surface area contributed by atoms with Gasteiger partial charge in [-0.2, -0.15) is 0 Å². The van der Waals surface area contributed by atoms with Gasteiger partial charge in [0.05, 0.1) is 22.3 Å². The Morgan fingerprint density at radius 1 is 1.39 bits per heavy atom. The quantitative estimate of drug-likeness (QED) is 0.780. The van der Waals surface area contributed by atoms with Gasteiger partial charge in [0.25, 0.3) is 5.91 Å². The molecule has 0 unspecified atom stereocenters. The average Bonchev–Trinajstić information content (AvgIpc) is 3.08. The van der Waals surface area contributed by atoms with E-state index in [0.29, 0.717) is 0 Å². The first-order chi connectivity index (χ1) is 11.1. The number of carbonyl (C=O) groups is 1. The summed E-state index contributed by atoms with van der Waals surface area (Å²) in [4.78, 5) is 18.8. The van der Waals surface area contributed by atoms with E-state index >= 15 is 0 Å². The molecule has 2 heterocycles. The van der Waals surface area contributed by atoms with Gasteiger partial charge in [-0.1, -0.05) is 18.2 Å². The van der Waals surface area contributed by atoms with Gasteiger partial charge < -0.3 is 9.88 Å². The molecule has 1 aliphatic rings. The SMILES string of the molecule is Cc1nc2c(s1)CCC[C@H]2NC(=O)c1cn(C)c2ccccc12. The van der Waals surface area contributed by atoms with E-state index in [9.17, 15) is 4.79 Å². The highest BCUT2D eigenvalue weighted by Gasteiger charge is 2.26. The Bertz CT molecular complexity index is 893. The van der Waals surface area contributed by atoms with Crippen LogP contribution in [0.25, 0.3) is 10.9 Å². The molecule has 0 fully saturated rings.